The van der Waals surface area contributed by atoms with Gasteiger partial charge in [-0.3, -0.25) is 4.99 Å². The van der Waals surface area contributed by atoms with E-state index in [1.807, 2.05) is 24.3 Å². The molecule has 0 atom stereocenters. The van der Waals surface area contributed by atoms with Crippen molar-refractivity contribution in [1.82, 2.24) is 0 Å². The van der Waals surface area contributed by atoms with Gasteiger partial charge in [0.2, 0.25) is 5.90 Å². The van der Waals surface area contributed by atoms with Crippen LogP contribution in [0.4, 0.5) is 0 Å². The summed E-state index contributed by atoms with van der Waals surface area (Å²) >= 11 is 0. The van der Waals surface area contributed by atoms with Crippen molar-refractivity contribution in [3.05, 3.63) is 48.0 Å². The van der Waals surface area contributed by atoms with Crippen molar-refractivity contribution in [2.24, 2.45) is 4.99 Å². The maximum atomic E-state index is 5.87. The van der Waals surface area contributed by atoms with Crippen LogP contribution in [0, 0.1) is 0 Å². The Bertz CT molecular complexity index is 786. The molecule has 2 heterocycles. The van der Waals surface area contributed by atoms with E-state index >= 15 is 0 Å². The van der Waals surface area contributed by atoms with E-state index in [0.29, 0.717) is 0 Å². The number of hydrogen-bond acceptors (Lipinski definition) is 3. The molecule has 3 nitrogen and oxygen atoms in total. The SMILES string of the molecule is c1ccc2c(c1)oc1cc(C3=NCCCO3)ccc12. The molecule has 0 saturated carbocycles. The third-order valence-electron chi connectivity index (χ3n) is 3.42. The van der Waals surface area contributed by atoms with Crippen molar-refractivity contribution in [1.29, 1.82) is 0 Å². The molecule has 94 valence electrons. The van der Waals surface area contributed by atoms with Gasteiger partial charge >= 0.3 is 0 Å². The van der Waals surface area contributed by atoms with Crippen LogP contribution in [0.1, 0.15) is 12.0 Å². The summed E-state index contributed by atoms with van der Waals surface area (Å²) in [6, 6.07) is 14.2. The predicted octanol–water partition coefficient (Wildman–Crippen LogP) is 3.75. The predicted molar refractivity (Wildman–Crippen MR) is 75.7 cm³/mol. The van der Waals surface area contributed by atoms with Crippen LogP contribution in [-0.2, 0) is 4.74 Å². The molecule has 2 aromatic carbocycles. The minimum atomic E-state index is 0.730. The van der Waals surface area contributed by atoms with E-state index in [-0.39, 0.29) is 0 Å². The zero-order valence-corrected chi connectivity index (χ0v) is 10.4. The summed E-state index contributed by atoms with van der Waals surface area (Å²) < 4.78 is 11.5. The average Bonchev–Trinajstić information content (AvgIpc) is 2.86. The Balaban J connectivity index is 1.91. The zero-order valence-electron chi connectivity index (χ0n) is 10.4. The largest absolute Gasteiger partial charge is 0.477 e. The van der Waals surface area contributed by atoms with Gasteiger partial charge in [-0.1, -0.05) is 18.2 Å². The summed E-state index contributed by atoms with van der Waals surface area (Å²) in [4.78, 5) is 4.41. The number of aliphatic imine (C=N–C) groups is 1. The third kappa shape index (κ3) is 1.70. The summed E-state index contributed by atoms with van der Waals surface area (Å²) in [5.41, 5.74) is 2.79. The van der Waals surface area contributed by atoms with Crippen molar-refractivity contribution in [2.75, 3.05) is 13.2 Å². The summed E-state index contributed by atoms with van der Waals surface area (Å²) in [7, 11) is 0. The molecule has 4 rings (SSSR count). The van der Waals surface area contributed by atoms with Crippen molar-refractivity contribution >= 4 is 27.8 Å². The van der Waals surface area contributed by atoms with Gasteiger partial charge in [-0.05, 0) is 24.3 Å². The number of hydrogen-bond donors (Lipinski definition) is 0. The molecular weight excluding hydrogens is 238 g/mol. The minimum Gasteiger partial charge on any atom is -0.477 e. The lowest BCUT2D eigenvalue weighted by atomic mass is 10.1. The van der Waals surface area contributed by atoms with Crippen molar-refractivity contribution in [3.63, 3.8) is 0 Å². The Morgan fingerprint density at radius 3 is 2.74 bits per heavy atom. The van der Waals surface area contributed by atoms with Gasteiger partial charge in [0.15, 0.2) is 0 Å². The molecule has 3 aromatic rings. The maximum absolute atomic E-state index is 5.87. The first-order chi connectivity index (χ1) is 9.42. The van der Waals surface area contributed by atoms with E-state index in [1.54, 1.807) is 0 Å². The van der Waals surface area contributed by atoms with Gasteiger partial charge in [0.1, 0.15) is 11.2 Å². The van der Waals surface area contributed by atoms with E-state index in [4.69, 9.17) is 9.15 Å². The van der Waals surface area contributed by atoms with Crippen LogP contribution < -0.4 is 0 Å². The molecule has 0 fully saturated rings. The Morgan fingerprint density at radius 1 is 0.947 bits per heavy atom. The normalized spacial score (nSPS) is 15.5. The van der Waals surface area contributed by atoms with Crippen LogP contribution in [0.2, 0.25) is 0 Å². The lowest BCUT2D eigenvalue weighted by Gasteiger charge is -2.13. The molecule has 0 spiro atoms. The first kappa shape index (κ1) is 10.6. The fraction of sp³-hybridized carbons (Fsp3) is 0.188. The minimum absolute atomic E-state index is 0.730. The first-order valence-corrected chi connectivity index (χ1v) is 6.51. The van der Waals surface area contributed by atoms with Crippen LogP contribution in [0.3, 0.4) is 0 Å². The zero-order chi connectivity index (χ0) is 12.7. The Kier molecular flexibility index (Phi) is 2.30. The van der Waals surface area contributed by atoms with Gasteiger partial charge in [-0.2, -0.15) is 0 Å². The molecule has 0 unspecified atom stereocenters. The monoisotopic (exact) mass is 251 g/mol. The molecule has 3 heteroatoms. The van der Waals surface area contributed by atoms with Gasteiger partial charge < -0.3 is 9.15 Å². The summed E-state index contributed by atoms with van der Waals surface area (Å²) in [6.07, 6.45) is 0.996. The fourth-order valence-electron chi connectivity index (χ4n) is 2.49. The van der Waals surface area contributed by atoms with Crippen molar-refractivity contribution in [3.8, 4) is 0 Å². The lowest BCUT2D eigenvalue weighted by molar-refractivity contribution is 0.284. The number of benzene rings is 2. The lowest BCUT2D eigenvalue weighted by Crippen LogP contribution is -2.14. The molecule has 0 aliphatic carbocycles. The highest BCUT2D eigenvalue weighted by molar-refractivity contribution is 6.07. The highest BCUT2D eigenvalue weighted by Crippen LogP contribution is 2.29. The number of fused-ring (bicyclic) bond motifs is 3. The van der Waals surface area contributed by atoms with Gasteiger partial charge in [0.25, 0.3) is 0 Å². The Labute approximate surface area is 110 Å². The molecule has 1 aliphatic rings. The molecule has 0 N–H and O–H groups in total. The summed E-state index contributed by atoms with van der Waals surface area (Å²) in [5, 5.41) is 2.28. The van der Waals surface area contributed by atoms with Crippen molar-refractivity contribution < 1.29 is 9.15 Å². The summed E-state index contributed by atoms with van der Waals surface area (Å²) in [5.74, 6) is 0.730. The van der Waals surface area contributed by atoms with E-state index < -0.39 is 0 Å². The van der Waals surface area contributed by atoms with Crippen LogP contribution in [-0.4, -0.2) is 19.0 Å². The molecule has 1 aromatic heterocycles. The van der Waals surface area contributed by atoms with E-state index in [9.17, 15) is 0 Å². The molecule has 1 aliphatic heterocycles. The summed E-state index contributed by atoms with van der Waals surface area (Å²) in [6.45, 7) is 1.59. The Morgan fingerprint density at radius 2 is 1.84 bits per heavy atom. The second-order valence-corrected chi connectivity index (χ2v) is 4.70. The number of rotatable bonds is 1. The van der Waals surface area contributed by atoms with E-state index in [1.165, 1.54) is 0 Å². The standard InChI is InChI=1S/C16H13NO2/c1-2-5-14-12(4-1)13-7-6-11(10-15(13)19-14)16-17-8-3-9-18-16/h1-2,4-7,10H,3,8-9H2. The van der Waals surface area contributed by atoms with Crippen LogP contribution in [0.15, 0.2) is 51.9 Å². The number of furan rings is 1. The van der Waals surface area contributed by atoms with Gasteiger partial charge in [-0.25, -0.2) is 0 Å². The average molecular weight is 251 g/mol. The maximum Gasteiger partial charge on any atom is 0.216 e. The highest BCUT2D eigenvalue weighted by atomic mass is 16.5. The van der Waals surface area contributed by atoms with Gasteiger partial charge in [0.05, 0.1) is 6.61 Å². The quantitative estimate of drug-likeness (QED) is 0.660. The molecule has 0 bridgehead atoms. The van der Waals surface area contributed by atoms with Crippen LogP contribution >= 0.6 is 0 Å². The van der Waals surface area contributed by atoms with E-state index in [0.717, 1.165) is 53.0 Å². The third-order valence-corrected chi connectivity index (χ3v) is 3.42. The fourth-order valence-corrected chi connectivity index (χ4v) is 2.49. The van der Waals surface area contributed by atoms with Crippen LogP contribution in [0.25, 0.3) is 21.9 Å². The second kappa shape index (κ2) is 4.12. The molecular formula is C16H13NO2. The Hall–Kier alpha value is -2.29. The smallest absolute Gasteiger partial charge is 0.216 e. The second-order valence-electron chi connectivity index (χ2n) is 4.70. The van der Waals surface area contributed by atoms with E-state index in [2.05, 4.69) is 23.2 Å². The van der Waals surface area contributed by atoms with Crippen LogP contribution in [0.5, 0.6) is 0 Å². The topological polar surface area (TPSA) is 34.7 Å². The first-order valence-electron chi connectivity index (χ1n) is 6.51. The van der Waals surface area contributed by atoms with Crippen molar-refractivity contribution in [2.45, 2.75) is 6.42 Å². The number of para-hydroxylation sites is 1. The van der Waals surface area contributed by atoms with Gasteiger partial charge in [-0.15, -0.1) is 0 Å². The number of ether oxygens (including phenoxy) is 1. The molecule has 0 radical (unpaired) electrons. The molecule has 19 heavy (non-hydrogen) atoms. The molecule has 0 amide bonds. The number of nitrogens with zero attached hydrogens (tertiary/aromatic N) is 1. The molecule has 0 saturated heterocycles. The van der Waals surface area contributed by atoms with Gasteiger partial charge in [0, 0.05) is 29.3 Å². The highest BCUT2D eigenvalue weighted by Gasteiger charge is 2.12.